The van der Waals surface area contributed by atoms with Crippen LogP contribution in [0.3, 0.4) is 0 Å². The van der Waals surface area contributed by atoms with Crippen molar-refractivity contribution in [2.24, 2.45) is 0 Å². The average Bonchev–Trinajstić information content (AvgIpc) is 2.54. The molecule has 116 valence electrons. The molecule has 0 aliphatic carbocycles. The molecule has 0 amide bonds. The molecule has 0 atom stereocenters. The molecule has 0 unspecified atom stereocenters. The lowest BCUT2D eigenvalue weighted by Gasteiger charge is -2.10. The first-order valence-electron chi connectivity index (χ1n) is 6.78. The van der Waals surface area contributed by atoms with Crippen LogP contribution in [0.2, 0.25) is 0 Å². The number of aromatic carboxylic acids is 1. The fourth-order valence-electron chi connectivity index (χ4n) is 2.49. The van der Waals surface area contributed by atoms with Crippen molar-refractivity contribution in [2.45, 2.75) is 5.33 Å². The molecule has 0 saturated carbocycles. The summed E-state index contributed by atoms with van der Waals surface area (Å²) in [4.78, 5) is 23.8. The van der Waals surface area contributed by atoms with Crippen molar-refractivity contribution in [2.75, 3.05) is 0 Å². The molecule has 0 bridgehead atoms. The molecule has 0 fully saturated rings. The van der Waals surface area contributed by atoms with Gasteiger partial charge in [0, 0.05) is 22.6 Å². The number of fused-ring (bicyclic) bond motifs is 1. The highest BCUT2D eigenvalue weighted by atomic mass is 79.9. The third-order valence-electron chi connectivity index (χ3n) is 3.63. The summed E-state index contributed by atoms with van der Waals surface area (Å²) in [5, 5.41) is 20.2. The summed E-state index contributed by atoms with van der Waals surface area (Å²) in [7, 11) is 0. The number of hydrogen-bond acceptors (Lipinski definition) is 3. The zero-order chi connectivity index (χ0) is 16.6. The number of carbonyl (C=O) groups is 1. The largest absolute Gasteiger partial charge is 0.508 e. The first-order chi connectivity index (χ1) is 11.0. The fourth-order valence-corrected chi connectivity index (χ4v) is 2.95. The second-order valence-electron chi connectivity index (χ2n) is 5.04. The van der Waals surface area contributed by atoms with Crippen LogP contribution in [0.25, 0.3) is 16.5 Å². The number of benzene rings is 2. The summed E-state index contributed by atoms with van der Waals surface area (Å²) in [6.45, 7) is 0. The van der Waals surface area contributed by atoms with Crippen molar-refractivity contribution in [3.8, 4) is 11.4 Å². The van der Waals surface area contributed by atoms with Gasteiger partial charge < -0.3 is 10.2 Å². The fraction of sp³-hybridized carbons (Fsp3) is 0.0588. The SMILES string of the molecule is O=C(O)c1ccc(-n2ccc3cc(O)ccc3c2=O)cc1CBr. The molecule has 0 radical (unpaired) electrons. The zero-order valence-electron chi connectivity index (χ0n) is 11.9. The Labute approximate surface area is 139 Å². The van der Waals surface area contributed by atoms with E-state index in [4.69, 9.17) is 5.11 Å². The van der Waals surface area contributed by atoms with Gasteiger partial charge in [0.25, 0.3) is 5.56 Å². The number of nitrogens with zero attached hydrogens (tertiary/aromatic N) is 1. The minimum Gasteiger partial charge on any atom is -0.508 e. The van der Waals surface area contributed by atoms with Crippen LogP contribution < -0.4 is 5.56 Å². The topological polar surface area (TPSA) is 79.5 Å². The smallest absolute Gasteiger partial charge is 0.335 e. The quantitative estimate of drug-likeness (QED) is 0.690. The molecule has 3 aromatic rings. The Balaban J connectivity index is 2.21. The Morgan fingerprint density at radius 3 is 2.61 bits per heavy atom. The maximum absolute atomic E-state index is 12.6. The lowest BCUT2D eigenvalue weighted by atomic mass is 10.1. The van der Waals surface area contributed by atoms with E-state index in [2.05, 4.69) is 15.9 Å². The predicted octanol–water partition coefficient (Wildman–Crippen LogP) is 3.29. The van der Waals surface area contributed by atoms with Gasteiger partial charge in [-0.2, -0.15) is 0 Å². The predicted molar refractivity (Wildman–Crippen MR) is 90.8 cm³/mol. The van der Waals surface area contributed by atoms with Crippen LogP contribution in [0, 0.1) is 0 Å². The molecule has 6 heteroatoms. The normalized spacial score (nSPS) is 10.8. The number of hydrogen-bond donors (Lipinski definition) is 2. The van der Waals surface area contributed by atoms with Gasteiger partial charge in [-0.1, -0.05) is 15.9 Å². The second-order valence-corrected chi connectivity index (χ2v) is 5.60. The highest BCUT2D eigenvalue weighted by Gasteiger charge is 2.12. The van der Waals surface area contributed by atoms with Gasteiger partial charge in [-0.15, -0.1) is 0 Å². The number of phenolic OH excluding ortho intramolecular Hbond substituents is 1. The third kappa shape index (κ3) is 2.73. The van der Waals surface area contributed by atoms with E-state index in [1.807, 2.05) is 0 Å². The minimum absolute atomic E-state index is 0.0991. The Morgan fingerprint density at radius 1 is 1.13 bits per heavy atom. The molecule has 5 nitrogen and oxygen atoms in total. The van der Waals surface area contributed by atoms with Crippen molar-refractivity contribution in [3.63, 3.8) is 0 Å². The lowest BCUT2D eigenvalue weighted by molar-refractivity contribution is 0.0696. The van der Waals surface area contributed by atoms with Gasteiger partial charge in [-0.05, 0) is 53.4 Å². The van der Waals surface area contributed by atoms with Gasteiger partial charge >= 0.3 is 5.97 Å². The summed E-state index contributed by atoms with van der Waals surface area (Å²) in [6, 6.07) is 11.1. The number of pyridine rings is 1. The molecule has 2 N–H and O–H groups in total. The standard InChI is InChI=1S/C17H12BrNO4/c18-9-11-7-12(1-3-15(11)17(22)23)19-6-5-10-8-13(20)2-4-14(10)16(19)21/h1-8,20H,9H2,(H,22,23). The highest BCUT2D eigenvalue weighted by molar-refractivity contribution is 9.08. The maximum Gasteiger partial charge on any atom is 0.335 e. The molecule has 0 aliphatic heterocycles. The van der Waals surface area contributed by atoms with Crippen molar-refractivity contribution in [1.82, 2.24) is 4.57 Å². The maximum atomic E-state index is 12.6. The molecule has 0 spiro atoms. The second kappa shape index (κ2) is 5.89. The number of carboxylic acid groups (broad SMARTS) is 1. The molecule has 0 aliphatic rings. The monoisotopic (exact) mass is 373 g/mol. The van der Waals surface area contributed by atoms with Gasteiger partial charge in [0.2, 0.25) is 0 Å². The molecule has 1 aromatic heterocycles. The zero-order valence-corrected chi connectivity index (χ0v) is 13.4. The summed E-state index contributed by atoms with van der Waals surface area (Å²) in [6.07, 6.45) is 1.61. The van der Waals surface area contributed by atoms with E-state index in [1.165, 1.54) is 22.8 Å². The molecular weight excluding hydrogens is 362 g/mol. The first kappa shape index (κ1) is 15.3. The lowest BCUT2D eigenvalue weighted by Crippen LogP contribution is -2.18. The van der Waals surface area contributed by atoms with Gasteiger partial charge in [0.05, 0.1) is 5.56 Å². The molecule has 0 saturated heterocycles. The summed E-state index contributed by atoms with van der Waals surface area (Å²) in [5.41, 5.74) is 1.15. The van der Waals surface area contributed by atoms with E-state index in [9.17, 15) is 14.7 Å². The highest BCUT2D eigenvalue weighted by Crippen LogP contribution is 2.20. The van der Waals surface area contributed by atoms with E-state index in [0.717, 1.165) is 0 Å². The number of aromatic hydroxyl groups is 1. The number of alkyl halides is 1. The third-order valence-corrected chi connectivity index (χ3v) is 4.23. The Bertz CT molecular complexity index is 978. The number of rotatable bonds is 3. The van der Waals surface area contributed by atoms with E-state index >= 15 is 0 Å². The number of phenols is 1. The number of carboxylic acids is 1. The molecule has 2 aromatic carbocycles. The summed E-state index contributed by atoms with van der Waals surface area (Å²) >= 11 is 3.27. The van der Waals surface area contributed by atoms with Crippen molar-refractivity contribution in [3.05, 3.63) is 70.1 Å². The van der Waals surface area contributed by atoms with E-state index in [-0.39, 0.29) is 16.9 Å². The van der Waals surface area contributed by atoms with Crippen molar-refractivity contribution < 1.29 is 15.0 Å². The van der Waals surface area contributed by atoms with E-state index in [0.29, 0.717) is 27.4 Å². The van der Waals surface area contributed by atoms with Crippen LogP contribution in [0.15, 0.2) is 53.5 Å². The Kier molecular flexibility index (Phi) is 3.92. The van der Waals surface area contributed by atoms with Crippen molar-refractivity contribution >= 4 is 32.7 Å². The van der Waals surface area contributed by atoms with Crippen molar-refractivity contribution in [1.29, 1.82) is 0 Å². The van der Waals surface area contributed by atoms with Crippen LogP contribution in [0.1, 0.15) is 15.9 Å². The van der Waals surface area contributed by atoms with Crippen LogP contribution in [0.4, 0.5) is 0 Å². The van der Waals surface area contributed by atoms with Crippen LogP contribution in [-0.4, -0.2) is 20.7 Å². The van der Waals surface area contributed by atoms with Crippen LogP contribution >= 0.6 is 15.9 Å². The number of aromatic nitrogens is 1. The summed E-state index contributed by atoms with van der Waals surface area (Å²) < 4.78 is 1.46. The number of halogens is 1. The molecule has 1 heterocycles. The average molecular weight is 374 g/mol. The van der Waals surface area contributed by atoms with Gasteiger partial charge in [-0.3, -0.25) is 9.36 Å². The Morgan fingerprint density at radius 2 is 1.91 bits per heavy atom. The molecular formula is C17H12BrNO4. The molecule has 3 rings (SSSR count). The van der Waals surface area contributed by atoms with Gasteiger partial charge in [0.15, 0.2) is 0 Å². The van der Waals surface area contributed by atoms with Crippen LogP contribution in [-0.2, 0) is 5.33 Å². The van der Waals surface area contributed by atoms with Crippen LogP contribution in [0.5, 0.6) is 5.75 Å². The van der Waals surface area contributed by atoms with E-state index < -0.39 is 5.97 Å². The van der Waals surface area contributed by atoms with Gasteiger partial charge in [-0.25, -0.2) is 4.79 Å². The molecule has 23 heavy (non-hydrogen) atoms. The minimum atomic E-state index is -1.01. The summed E-state index contributed by atoms with van der Waals surface area (Å²) in [5.74, 6) is -0.908. The van der Waals surface area contributed by atoms with Gasteiger partial charge in [0.1, 0.15) is 5.75 Å². The Hall–Kier alpha value is -2.60. The first-order valence-corrected chi connectivity index (χ1v) is 7.90. The van der Waals surface area contributed by atoms with E-state index in [1.54, 1.807) is 30.5 Å².